The number of rotatable bonds is 4. The predicted octanol–water partition coefficient (Wildman–Crippen LogP) is 2.95. The predicted molar refractivity (Wildman–Crippen MR) is 106 cm³/mol. The summed E-state index contributed by atoms with van der Waals surface area (Å²) in [6.07, 6.45) is 9.01. The molecule has 5 heteroatoms. The second kappa shape index (κ2) is 7.74. The van der Waals surface area contributed by atoms with Gasteiger partial charge in [-0.3, -0.25) is 9.80 Å². The van der Waals surface area contributed by atoms with Crippen molar-refractivity contribution < 1.29 is 4.74 Å². The van der Waals surface area contributed by atoms with E-state index in [1.807, 2.05) is 23.1 Å². The van der Waals surface area contributed by atoms with E-state index < -0.39 is 0 Å². The molecule has 0 N–H and O–H groups in total. The maximum Gasteiger partial charge on any atom is 0.0645 e. The Labute approximate surface area is 161 Å². The van der Waals surface area contributed by atoms with Crippen LogP contribution in [-0.2, 0) is 11.3 Å². The number of fused-ring (bicyclic) bond motifs is 4. The Morgan fingerprint density at radius 1 is 0.926 bits per heavy atom. The van der Waals surface area contributed by atoms with E-state index in [2.05, 4.69) is 39.2 Å². The van der Waals surface area contributed by atoms with Gasteiger partial charge in [-0.25, -0.2) is 4.68 Å². The highest BCUT2D eigenvalue weighted by Gasteiger charge is 2.37. The molecule has 2 unspecified atom stereocenters. The second-order valence-corrected chi connectivity index (χ2v) is 8.44. The van der Waals surface area contributed by atoms with Crippen LogP contribution < -0.4 is 0 Å². The van der Waals surface area contributed by atoms with E-state index in [0.29, 0.717) is 6.04 Å². The second-order valence-electron chi connectivity index (χ2n) is 8.44. The maximum absolute atomic E-state index is 5.58. The van der Waals surface area contributed by atoms with Crippen molar-refractivity contribution in [1.29, 1.82) is 0 Å². The smallest absolute Gasteiger partial charge is 0.0645 e. The minimum absolute atomic E-state index is 0.706. The molecule has 0 saturated carbocycles. The summed E-state index contributed by atoms with van der Waals surface area (Å²) in [5.41, 5.74) is 2.54. The Morgan fingerprint density at radius 3 is 2.56 bits per heavy atom. The van der Waals surface area contributed by atoms with E-state index in [1.54, 1.807) is 0 Å². The summed E-state index contributed by atoms with van der Waals surface area (Å²) in [6, 6.07) is 12.3. The zero-order valence-electron chi connectivity index (χ0n) is 16.0. The van der Waals surface area contributed by atoms with Crippen LogP contribution in [0.4, 0.5) is 0 Å². The SMILES string of the molecule is c1cnn(-c2ccc(CN3CC4CCC3CN(C3CCOCC3)C4)cc2)c1. The topological polar surface area (TPSA) is 33.5 Å². The minimum Gasteiger partial charge on any atom is -0.381 e. The molecule has 6 rings (SSSR count). The Morgan fingerprint density at radius 2 is 1.78 bits per heavy atom. The first-order valence-electron chi connectivity index (χ1n) is 10.5. The van der Waals surface area contributed by atoms with Gasteiger partial charge in [-0.1, -0.05) is 12.1 Å². The lowest BCUT2D eigenvalue weighted by Crippen LogP contribution is -2.45. The van der Waals surface area contributed by atoms with Crippen LogP contribution in [0.3, 0.4) is 0 Å². The van der Waals surface area contributed by atoms with Crippen LogP contribution in [0.2, 0.25) is 0 Å². The van der Waals surface area contributed by atoms with E-state index in [-0.39, 0.29) is 0 Å². The molecule has 1 aromatic carbocycles. The van der Waals surface area contributed by atoms with Gasteiger partial charge in [0.15, 0.2) is 0 Å². The largest absolute Gasteiger partial charge is 0.381 e. The number of ether oxygens (including phenoxy) is 1. The highest BCUT2D eigenvalue weighted by Crippen LogP contribution is 2.31. The highest BCUT2D eigenvalue weighted by atomic mass is 16.5. The number of aromatic nitrogens is 2. The molecule has 4 fully saturated rings. The van der Waals surface area contributed by atoms with Crippen molar-refractivity contribution in [1.82, 2.24) is 19.6 Å². The third-order valence-corrected chi connectivity index (χ3v) is 6.65. The molecular formula is C22H30N4O. The van der Waals surface area contributed by atoms with E-state index in [0.717, 1.165) is 37.4 Å². The summed E-state index contributed by atoms with van der Waals surface area (Å²) in [5, 5.41) is 4.32. The van der Waals surface area contributed by atoms with Crippen LogP contribution in [0.1, 0.15) is 31.2 Å². The molecule has 0 radical (unpaired) electrons. The zero-order chi connectivity index (χ0) is 18.1. The van der Waals surface area contributed by atoms with Crippen molar-refractivity contribution in [3.63, 3.8) is 0 Å². The molecule has 2 bridgehead atoms. The zero-order valence-corrected chi connectivity index (χ0v) is 16.0. The minimum atomic E-state index is 0.706. The van der Waals surface area contributed by atoms with Crippen molar-refractivity contribution >= 4 is 0 Å². The van der Waals surface area contributed by atoms with E-state index in [9.17, 15) is 0 Å². The average Bonchev–Trinajstić information content (AvgIpc) is 3.11. The number of nitrogens with zero attached hydrogens (tertiary/aromatic N) is 4. The van der Waals surface area contributed by atoms with Crippen molar-refractivity contribution in [2.24, 2.45) is 5.92 Å². The fourth-order valence-electron chi connectivity index (χ4n) is 5.17. The van der Waals surface area contributed by atoms with Crippen LogP contribution in [0.5, 0.6) is 0 Å². The molecule has 0 aliphatic carbocycles. The van der Waals surface area contributed by atoms with Gasteiger partial charge in [0.1, 0.15) is 0 Å². The molecule has 4 aliphatic heterocycles. The van der Waals surface area contributed by atoms with Gasteiger partial charge in [0.05, 0.1) is 5.69 Å². The lowest BCUT2D eigenvalue weighted by atomic mass is 9.94. The van der Waals surface area contributed by atoms with Gasteiger partial charge in [0, 0.05) is 63.9 Å². The molecule has 1 aromatic heterocycles. The number of hydrogen-bond acceptors (Lipinski definition) is 4. The van der Waals surface area contributed by atoms with Crippen LogP contribution in [0, 0.1) is 5.92 Å². The summed E-state index contributed by atoms with van der Waals surface area (Å²) in [6.45, 7) is 6.75. The molecule has 2 atom stereocenters. The average molecular weight is 367 g/mol. The first kappa shape index (κ1) is 17.4. The third kappa shape index (κ3) is 3.82. The van der Waals surface area contributed by atoms with Crippen molar-refractivity contribution in [2.45, 2.75) is 44.3 Å². The van der Waals surface area contributed by atoms with Crippen LogP contribution in [0.25, 0.3) is 5.69 Å². The first-order valence-corrected chi connectivity index (χ1v) is 10.5. The highest BCUT2D eigenvalue weighted by molar-refractivity contribution is 5.33. The number of benzene rings is 1. The molecule has 4 aliphatic rings. The molecule has 27 heavy (non-hydrogen) atoms. The Balaban J connectivity index is 1.26. The molecule has 144 valence electrons. The summed E-state index contributed by atoms with van der Waals surface area (Å²) < 4.78 is 7.50. The van der Waals surface area contributed by atoms with Crippen LogP contribution >= 0.6 is 0 Å². The van der Waals surface area contributed by atoms with E-state index in [4.69, 9.17) is 4.74 Å². The molecule has 4 saturated heterocycles. The Kier molecular flexibility index (Phi) is 4.99. The lowest BCUT2D eigenvalue weighted by Gasteiger charge is -2.37. The third-order valence-electron chi connectivity index (χ3n) is 6.65. The normalized spacial score (nSPS) is 27.7. The standard InChI is InChI=1S/C22H30N4O/c1-10-23-26(11-1)21-5-2-18(3-6-21)14-24-15-19-4-7-22(24)17-25(16-19)20-8-12-27-13-9-20/h1-3,5-6,10-11,19-20,22H,4,7-9,12-17H2. The number of piperidine rings is 1. The van der Waals surface area contributed by atoms with Gasteiger partial charge in [-0.2, -0.15) is 5.10 Å². The molecule has 0 spiro atoms. The Hall–Kier alpha value is -1.69. The maximum atomic E-state index is 5.58. The van der Waals surface area contributed by atoms with Gasteiger partial charge in [-0.15, -0.1) is 0 Å². The lowest BCUT2D eigenvalue weighted by molar-refractivity contribution is 0.0307. The molecule has 0 amide bonds. The molecular weight excluding hydrogens is 336 g/mol. The van der Waals surface area contributed by atoms with Crippen molar-refractivity contribution in [2.75, 3.05) is 32.8 Å². The summed E-state index contributed by atoms with van der Waals surface area (Å²) in [7, 11) is 0. The summed E-state index contributed by atoms with van der Waals surface area (Å²) in [4.78, 5) is 5.54. The van der Waals surface area contributed by atoms with E-state index in [1.165, 1.54) is 50.9 Å². The quantitative estimate of drug-likeness (QED) is 0.833. The fraction of sp³-hybridized carbons (Fsp3) is 0.591. The first-order chi connectivity index (χ1) is 13.3. The fourth-order valence-corrected chi connectivity index (χ4v) is 5.17. The number of hydrogen-bond donors (Lipinski definition) is 0. The van der Waals surface area contributed by atoms with Gasteiger partial charge in [-0.05, 0) is 55.4 Å². The molecule has 2 aromatic rings. The molecule has 5 nitrogen and oxygen atoms in total. The Bertz CT molecular complexity index is 723. The van der Waals surface area contributed by atoms with Crippen LogP contribution in [-0.4, -0.2) is 64.5 Å². The monoisotopic (exact) mass is 366 g/mol. The van der Waals surface area contributed by atoms with Crippen molar-refractivity contribution in [3.05, 3.63) is 48.3 Å². The van der Waals surface area contributed by atoms with Crippen LogP contribution in [0.15, 0.2) is 42.7 Å². The summed E-state index contributed by atoms with van der Waals surface area (Å²) in [5.74, 6) is 0.829. The van der Waals surface area contributed by atoms with E-state index >= 15 is 0 Å². The van der Waals surface area contributed by atoms with Crippen molar-refractivity contribution in [3.8, 4) is 5.69 Å². The molecule has 5 heterocycles. The van der Waals surface area contributed by atoms with Gasteiger partial charge < -0.3 is 4.74 Å². The van der Waals surface area contributed by atoms with Gasteiger partial charge >= 0.3 is 0 Å². The van der Waals surface area contributed by atoms with Gasteiger partial charge in [0.2, 0.25) is 0 Å². The van der Waals surface area contributed by atoms with Gasteiger partial charge in [0.25, 0.3) is 0 Å². The summed E-state index contributed by atoms with van der Waals surface area (Å²) >= 11 is 0.